The summed E-state index contributed by atoms with van der Waals surface area (Å²) in [6.07, 6.45) is 5.29. The molecule has 0 saturated heterocycles. The third-order valence-corrected chi connectivity index (χ3v) is 4.80. The molecule has 0 bridgehead atoms. The highest BCUT2D eigenvalue weighted by molar-refractivity contribution is 5.25. The van der Waals surface area contributed by atoms with Crippen LogP contribution in [-0.2, 0) is 5.54 Å². The van der Waals surface area contributed by atoms with E-state index in [-0.39, 0.29) is 12.1 Å². The molecule has 1 atom stereocenters. The fourth-order valence-corrected chi connectivity index (χ4v) is 3.41. The van der Waals surface area contributed by atoms with Crippen molar-refractivity contribution in [1.82, 2.24) is 10.2 Å². The van der Waals surface area contributed by atoms with E-state index in [9.17, 15) is 5.11 Å². The summed E-state index contributed by atoms with van der Waals surface area (Å²) in [6, 6.07) is 11.0. The Hall–Kier alpha value is -0.900. The first-order chi connectivity index (χ1) is 9.75. The maximum absolute atomic E-state index is 10.0. The van der Waals surface area contributed by atoms with E-state index in [1.165, 1.54) is 31.2 Å². The van der Waals surface area contributed by atoms with Gasteiger partial charge in [0.1, 0.15) is 0 Å². The topological polar surface area (TPSA) is 35.5 Å². The molecule has 2 N–H and O–H groups in total. The van der Waals surface area contributed by atoms with Gasteiger partial charge in [0.05, 0.1) is 12.1 Å². The van der Waals surface area contributed by atoms with Crippen molar-refractivity contribution in [3.8, 4) is 0 Å². The highest BCUT2D eigenvalue weighted by Gasteiger charge is 2.34. The summed E-state index contributed by atoms with van der Waals surface area (Å²) in [5.74, 6) is 0. The summed E-state index contributed by atoms with van der Waals surface area (Å²) in [5.41, 5.74) is 0.807. The van der Waals surface area contributed by atoms with Gasteiger partial charge >= 0.3 is 0 Å². The maximum Gasteiger partial charge on any atom is 0.0795 e. The number of nitrogens with one attached hydrogen (secondary N) is 1. The second-order valence-electron chi connectivity index (χ2n) is 5.86. The SMILES string of the molecule is CCN(CC(CO)(NC)c1ccccc1)C1CCCC1. The Kier molecular flexibility index (Phi) is 5.58. The number of aliphatic hydroxyl groups is 1. The lowest BCUT2D eigenvalue weighted by Gasteiger charge is -2.39. The van der Waals surface area contributed by atoms with Gasteiger partial charge in [-0.15, -0.1) is 0 Å². The van der Waals surface area contributed by atoms with Crippen LogP contribution in [0, 0.1) is 0 Å². The van der Waals surface area contributed by atoms with Gasteiger partial charge in [-0.05, 0) is 32.0 Å². The monoisotopic (exact) mass is 276 g/mol. The highest BCUT2D eigenvalue weighted by atomic mass is 16.3. The Morgan fingerprint density at radius 1 is 1.25 bits per heavy atom. The molecule has 0 heterocycles. The molecule has 0 aromatic heterocycles. The molecule has 0 amide bonds. The Balaban J connectivity index is 2.19. The molecule has 1 aliphatic rings. The lowest BCUT2D eigenvalue weighted by Crippen LogP contribution is -2.54. The number of nitrogens with zero attached hydrogens (tertiary/aromatic N) is 1. The van der Waals surface area contributed by atoms with Crippen LogP contribution < -0.4 is 5.32 Å². The predicted octanol–water partition coefficient (Wildman–Crippen LogP) is 2.36. The highest BCUT2D eigenvalue weighted by Crippen LogP contribution is 2.28. The summed E-state index contributed by atoms with van der Waals surface area (Å²) in [7, 11) is 1.95. The third-order valence-electron chi connectivity index (χ3n) is 4.80. The molecule has 1 unspecified atom stereocenters. The molecule has 1 aliphatic carbocycles. The van der Waals surface area contributed by atoms with Crippen LogP contribution in [0.1, 0.15) is 38.2 Å². The minimum atomic E-state index is -0.361. The fourth-order valence-electron chi connectivity index (χ4n) is 3.41. The van der Waals surface area contributed by atoms with Crippen molar-refractivity contribution in [3.05, 3.63) is 35.9 Å². The molecule has 3 heteroatoms. The van der Waals surface area contributed by atoms with Gasteiger partial charge in [-0.1, -0.05) is 50.1 Å². The van der Waals surface area contributed by atoms with E-state index in [0.29, 0.717) is 6.04 Å². The van der Waals surface area contributed by atoms with Gasteiger partial charge in [-0.2, -0.15) is 0 Å². The van der Waals surface area contributed by atoms with E-state index in [2.05, 4.69) is 29.3 Å². The van der Waals surface area contributed by atoms with Crippen molar-refractivity contribution in [2.24, 2.45) is 0 Å². The molecule has 1 aromatic rings. The lowest BCUT2D eigenvalue weighted by molar-refractivity contribution is 0.0919. The predicted molar refractivity (Wildman–Crippen MR) is 83.8 cm³/mol. The molecule has 1 saturated carbocycles. The number of rotatable bonds is 7. The minimum Gasteiger partial charge on any atom is -0.394 e. The van der Waals surface area contributed by atoms with Gasteiger partial charge in [0.2, 0.25) is 0 Å². The Bertz CT molecular complexity index is 383. The fraction of sp³-hybridized carbons (Fsp3) is 0.647. The second-order valence-corrected chi connectivity index (χ2v) is 5.86. The molecular formula is C17H28N2O. The van der Waals surface area contributed by atoms with Crippen LogP contribution in [0.15, 0.2) is 30.3 Å². The lowest BCUT2D eigenvalue weighted by atomic mass is 9.89. The molecule has 112 valence electrons. The van der Waals surface area contributed by atoms with Crippen molar-refractivity contribution >= 4 is 0 Å². The quantitative estimate of drug-likeness (QED) is 0.802. The van der Waals surface area contributed by atoms with Gasteiger partial charge in [-0.3, -0.25) is 4.90 Å². The van der Waals surface area contributed by atoms with Crippen molar-refractivity contribution in [3.63, 3.8) is 0 Å². The molecular weight excluding hydrogens is 248 g/mol. The molecule has 1 fully saturated rings. The van der Waals surface area contributed by atoms with Crippen LogP contribution in [0.2, 0.25) is 0 Å². The molecule has 0 spiro atoms. The smallest absolute Gasteiger partial charge is 0.0795 e. The largest absolute Gasteiger partial charge is 0.394 e. The van der Waals surface area contributed by atoms with E-state index >= 15 is 0 Å². The zero-order valence-electron chi connectivity index (χ0n) is 12.8. The Morgan fingerprint density at radius 3 is 2.40 bits per heavy atom. The van der Waals surface area contributed by atoms with Crippen LogP contribution in [0.5, 0.6) is 0 Å². The average molecular weight is 276 g/mol. The summed E-state index contributed by atoms with van der Waals surface area (Å²) in [4.78, 5) is 2.53. The standard InChI is InChI=1S/C17H28N2O/c1-3-19(16-11-7-8-12-16)13-17(14-20,18-2)15-9-5-4-6-10-15/h4-6,9-10,16,18,20H,3,7-8,11-14H2,1-2H3. The zero-order chi connectivity index (χ0) is 14.4. The average Bonchev–Trinajstić information content (AvgIpc) is 3.04. The molecule has 0 radical (unpaired) electrons. The van der Waals surface area contributed by atoms with Crippen molar-refractivity contribution < 1.29 is 5.11 Å². The van der Waals surface area contributed by atoms with Gasteiger partial charge in [0.25, 0.3) is 0 Å². The minimum absolute atomic E-state index is 0.122. The molecule has 0 aliphatic heterocycles. The van der Waals surface area contributed by atoms with Crippen molar-refractivity contribution in [2.45, 2.75) is 44.2 Å². The Morgan fingerprint density at radius 2 is 1.90 bits per heavy atom. The molecule has 20 heavy (non-hydrogen) atoms. The summed E-state index contributed by atoms with van der Waals surface area (Å²) in [6.45, 7) is 4.25. The van der Waals surface area contributed by atoms with E-state index < -0.39 is 0 Å². The number of hydrogen-bond acceptors (Lipinski definition) is 3. The zero-order valence-corrected chi connectivity index (χ0v) is 12.8. The van der Waals surface area contributed by atoms with Gasteiger partial charge < -0.3 is 10.4 Å². The van der Waals surface area contributed by atoms with Crippen LogP contribution in [0.4, 0.5) is 0 Å². The summed E-state index contributed by atoms with van der Waals surface area (Å²) < 4.78 is 0. The van der Waals surface area contributed by atoms with E-state index in [1.807, 2.05) is 25.2 Å². The van der Waals surface area contributed by atoms with Gasteiger partial charge in [-0.25, -0.2) is 0 Å². The van der Waals surface area contributed by atoms with Crippen LogP contribution in [-0.4, -0.2) is 42.8 Å². The van der Waals surface area contributed by atoms with Gasteiger partial charge in [0, 0.05) is 12.6 Å². The normalized spacial score (nSPS) is 19.4. The van der Waals surface area contributed by atoms with Crippen molar-refractivity contribution in [2.75, 3.05) is 26.7 Å². The van der Waals surface area contributed by atoms with Crippen LogP contribution >= 0.6 is 0 Å². The molecule has 3 nitrogen and oxygen atoms in total. The Labute approximate surface area is 123 Å². The second kappa shape index (κ2) is 7.21. The first kappa shape index (κ1) is 15.5. The van der Waals surface area contributed by atoms with Crippen LogP contribution in [0.3, 0.4) is 0 Å². The first-order valence-corrected chi connectivity index (χ1v) is 7.85. The number of aliphatic hydroxyl groups excluding tert-OH is 1. The number of hydrogen-bond donors (Lipinski definition) is 2. The van der Waals surface area contributed by atoms with E-state index in [4.69, 9.17) is 0 Å². The van der Waals surface area contributed by atoms with Crippen molar-refractivity contribution in [1.29, 1.82) is 0 Å². The maximum atomic E-state index is 10.0. The summed E-state index contributed by atoms with van der Waals surface area (Å²) >= 11 is 0. The number of likely N-dealkylation sites (N-methyl/N-ethyl adjacent to an activating group) is 2. The molecule has 2 rings (SSSR count). The first-order valence-electron chi connectivity index (χ1n) is 7.85. The van der Waals surface area contributed by atoms with E-state index in [1.54, 1.807) is 0 Å². The number of benzene rings is 1. The van der Waals surface area contributed by atoms with Gasteiger partial charge in [0.15, 0.2) is 0 Å². The third kappa shape index (κ3) is 3.22. The van der Waals surface area contributed by atoms with E-state index in [0.717, 1.165) is 13.1 Å². The molecule has 1 aromatic carbocycles. The summed E-state index contributed by atoms with van der Waals surface area (Å²) in [5, 5.41) is 13.4. The van der Waals surface area contributed by atoms with Crippen LogP contribution in [0.25, 0.3) is 0 Å².